The highest BCUT2D eigenvalue weighted by Crippen LogP contribution is 1.82. The number of esters is 1. The second-order valence-corrected chi connectivity index (χ2v) is 1.45. The molecule has 0 rings (SSSR count). The third-order valence-electron chi connectivity index (χ3n) is 0.713. The lowest BCUT2D eigenvalue weighted by Crippen LogP contribution is -2.02. The summed E-state index contributed by atoms with van der Waals surface area (Å²) in [7, 11) is 0. The molecular formula is C6H10O3. The third kappa shape index (κ3) is 5.03. The van der Waals surface area contributed by atoms with E-state index in [-0.39, 0.29) is 13.2 Å². The van der Waals surface area contributed by atoms with Crippen molar-refractivity contribution >= 4 is 5.97 Å². The molecule has 0 heterocycles. The lowest BCUT2D eigenvalue weighted by molar-refractivity contribution is -0.137. The normalized spacial score (nSPS) is 8.56. The highest BCUT2D eigenvalue weighted by Gasteiger charge is 1.91. The summed E-state index contributed by atoms with van der Waals surface area (Å²) in [5.74, 6) is -0.441. The van der Waals surface area contributed by atoms with Crippen LogP contribution in [0.3, 0.4) is 0 Å². The highest BCUT2D eigenvalue weighted by atomic mass is 16.5. The summed E-state index contributed by atoms with van der Waals surface area (Å²) in [5.41, 5.74) is 0. The zero-order valence-corrected chi connectivity index (χ0v) is 5.17. The standard InChI is InChI=1S/C6H10O3/c1-2-6(8)9-5-3-4-7/h2,7H,1,3-5H2. The summed E-state index contributed by atoms with van der Waals surface area (Å²) in [6.07, 6.45) is 1.58. The Morgan fingerprint density at radius 1 is 1.78 bits per heavy atom. The van der Waals surface area contributed by atoms with Crippen LogP contribution in [-0.2, 0) is 9.53 Å². The number of hydrogen-bond acceptors (Lipinski definition) is 3. The van der Waals surface area contributed by atoms with Crippen LogP contribution in [0.15, 0.2) is 12.7 Å². The minimum Gasteiger partial charge on any atom is -0.462 e. The molecule has 0 aliphatic carbocycles. The van der Waals surface area contributed by atoms with Gasteiger partial charge in [-0.2, -0.15) is 0 Å². The number of carbonyl (C=O) groups is 1. The summed E-state index contributed by atoms with van der Waals surface area (Å²) in [6.45, 7) is 3.51. The van der Waals surface area contributed by atoms with E-state index in [2.05, 4.69) is 11.3 Å². The SMILES string of the molecule is C=CC(=O)OCCCO. The van der Waals surface area contributed by atoms with Gasteiger partial charge in [-0.15, -0.1) is 0 Å². The molecule has 1 N–H and O–H groups in total. The number of aliphatic hydroxyl groups is 1. The molecule has 0 aliphatic heterocycles. The number of ether oxygens (including phenoxy) is 1. The van der Waals surface area contributed by atoms with E-state index < -0.39 is 5.97 Å². The third-order valence-corrected chi connectivity index (χ3v) is 0.713. The maximum atomic E-state index is 10.3. The second-order valence-electron chi connectivity index (χ2n) is 1.45. The summed E-state index contributed by atoms with van der Waals surface area (Å²) >= 11 is 0. The van der Waals surface area contributed by atoms with Gasteiger partial charge in [0.15, 0.2) is 0 Å². The minimum atomic E-state index is -0.441. The Balaban J connectivity index is 3.07. The van der Waals surface area contributed by atoms with Crippen LogP contribution in [0, 0.1) is 0 Å². The van der Waals surface area contributed by atoms with Gasteiger partial charge in [-0.05, 0) is 0 Å². The van der Waals surface area contributed by atoms with Crippen LogP contribution in [0.25, 0.3) is 0 Å². The Morgan fingerprint density at radius 2 is 2.44 bits per heavy atom. The van der Waals surface area contributed by atoms with Crippen LogP contribution < -0.4 is 0 Å². The summed E-state index contributed by atoms with van der Waals surface area (Å²) in [4.78, 5) is 10.3. The van der Waals surface area contributed by atoms with Crippen molar-refractivity contribution in [3.05, 3.63) is 12.7 Å². The molecule has 0 radical (unpaired) electrons. The van der Waals surface area contributed by atoms with Crippen molar-refractivity contribution in [3.63, 3.8) is 0 Å². The summed E-state index contributed by atoms with van der Waals surface area (Å²) < 4.78 is 4.51. The molecule has 0 saturated heterocycles. The van der Waals surface area contributed by atoms with Crippen molar-refractivity contribution in [2.75, 3.05) is 13.2 Å². The zero-order chi connectivity index (χ0) is 7.11. The van der Waals surface area contributed by atoms with Crippen LogP contribution in [0.5, 0.6) is 0 Å². The lowest BCUT2D eigenvalue weighted by atomic mass is 10.5. The Hall–Kier alpha value is -0.830. The molecule has 0 aliphatic rings. The first-order chi connectivity index (χ1) is 4.31. The maximum absolute atomic E-state index is 10.3. The molecule has 0 spiro atoms. The first kappa shape index (κ1) is 8.17. The summed E-state index contributed by atoms with van der Waals surface area (Å²) in [5, 5.41) is 8.23. The van der Waals surface area contributed by atoms with Gasteiger partial charge in [-0.25, -0.2) is 4.79 Å². The van der Waals surface area contributed by atoms with Gasteiger partial charge >= 0.3 is 5.97 Å². The van der Waals surface area contributed by atoms with Crippen molar-refractivity contribution in [1.82, 2.24) is 0 Å². The van der Waals surface area contributed by atoms with Gasteiger partial charge in [-0.3, -0.25) is 0 Å². The first-order valence-corrected chi connectivity index (χ1v) is 2.71. The fraction of sp³-hybridized carbons (Fsp3) is 0.500. The van der Waals surface area contributed by atoms with Gasteiger partial charge in [0.25, 0.3) is 0 Å². The summed E-state index contributed by atoms with van der Waals surface area (Å²) in [6, 6.07) is 0. The van der Waals surface area contributed by atoms with Crippen molar-refractivity contribution in [2.24, 2.45) is 0 Å². The molecule has 0 bridgehead atoms. The molecule has 0 aromatic heterocycles. The molecule has 0 amide bonds. The van der Waals surface area contributed by atoms with E-state index in [4.69, 9.17) is 5.11 Å². The average Bonchev–Trinajstić information content (AvgIpc) is 1.89. The number of rotatable bonds is 4. The van der Waals surface area contributed by atoms with Crippen LogP contribution in [-0.4, -0.2) is 24.3 Å². The predicted molar refractivity (Wildman–Crippen MR) is 32.9 cm³/mol. The van der Waals surface area contributed by atoms with Crippen molar-refractivity contribution in [2.45, 2.75) is 6.42 Å². The van der Waals surface area contributed by atoms with E-state index in [1.807, 2.05) is 0 Å². The van der Waals surface area contributed by atoms with Gasteiger partial charge in [-0.1, -0.05) is 6.58 Å². The van der Waals surface area contributed by atoms with Crippen molar-refractivity contribution < 1.29 is 14.6 Å². The second kappa shape index (κ2) is 5.31. The fourth-order valence-corrected chi connectivity index (χ4v) is 0.296. The van der Waals surface area contributed by atoms with E-state index >= 15 is 0 Å². The molecule has 3 heteroatoms. The quantitative estimate of drug-likeness (QED) is 0.333. The molecule has 9 heavy (non-hydrogen) atoms. The van der Waals surface area contributed by atoms with E-state index in [0.29, 0.717) is 6.42 Å². The fourth-order valence-electron chi connectivity index (χ4n) is 0.296. The largest absolute Gasteiger partial charge is 0.462 e. The van der Waals surface area contributed by atoms with E-state index in [0.717, 1.165) is 6.08 Å². The van der Waals surface area contributed by atoms with Crippen LogP contribution in [0.2, 0.25) is 0 Å². The molecule has 0 aromatic carbocycles. The van der Waals surface area contributed by atoms with Gasteiger partial charge in [0.05, 0.1) is 6.61 Å². The minimum absolute atomic E-state index is 0.0461. The number of aliphatic hydroxyl groups excluding tert-OH is 1. The smallest absolute Gasteiger partial charge is 0.330 e. The number of carbonyl (C=O) groups excluding carboxylic acids is 1. The Bertz CT molecular complexity index is 98.5. The molecule has 0 fully saturated rings. The highest BCUT2D eigenvalue weighted by molar-refractivity contribution is 5.81. The Morgan fingerprint density at radius 3 is 2.89 bits per heavy atom. The predicted octanol–water partition coefficient (Wildman–Crippen LogP) is 0.0980. The molecular weight excluding hydrogens is 120 g/mol. The molecule has 52 valence electrons. The number of hydrogen-bond donors (Lipinski definition) is 1. The average molecular weight is 130 g/mol. The molecule has 0 atom stereocenters. The molecule has 0 saturated carbocycles. The monoisotopic (exact) mass is 130 g/mol. The Kier molecular flexibility index (Phi) is 4.82. The van der Waals surface area contributed by atoms with Crippen LogP contribution in [0.4, 0.5) is 0 Å². The maximum Gasteiger partial charge on any atom is 0.330 e. The van der Waals surface area contributed by atoms with Crippen LogP contribution >= 0.6 is 0 Å². The molecule has 0 unspecified atom stereocenters. The lowest BCUT2D eigenvalue weighted by Gasteiger charge is -1.96. The van der Waals surface area contributed by atoms with Gasteiger partial charge < -0.3 is 9.84 Å². The van der Waals surface area contributed by atoms with E-state index in [1.165, 1.54) is 0 Å². The topological polar surface area (TPSA) is 46.5 Å². The molecule has 3 nitrogen and oxygen atoms in total. The van der Waals surface area contributed by atoms with Gasteiger partial charge in [0, 0.05) is 19.1 Å². The zero-order valence-electron chi connectivity index (χ0n) is 5.17. The first-order valence-electron chi connectivity index (χ1n) is 2.71. The van der Waals surface area contributed by atoms with Gasteiger partial charge in [0.1, 0.15) is 0 Å². The van der Waals surface area contributed by atoms with E-state index in [1.54, 1.807) is 0 Å². The van der Waals surface area contributed by atoms with E-state index in [9.17, 15) is 4.79 Å². The van der Waals surface area contributed by atoms with Crippen molar-refractivity contribution in [3.8, 4) is 0 Å². The molecule has 0 aromatic rings. The Labute approximate surface area is 53.9 Å². The van der Waals surface area contributed by atoms with Gasteiger partial charge in [0.2, 0.25) is 0 Å². The van der Waals surface area contributed by atoms with Crippen LogP contribution in [0.1, 0.15) is 6.42 Å². The van der Waals surface area contributed by atoms with Crippen molar-refractivity contribution in [1.29, 1.82) is 0 Å².